The number of fused-ring (bicyclic) bond motifs is 1. The molecule has 31 heavy (non-hydrogen) atoms. The van der Waals surface area contributed by atoms with Gasteiger partial charge >= 0.3 is 0 Å². The lowest BCUT2D eigenvalue weighted by Gasteiger charge is -2.39. The van der Waals surface area contributed by atoms with Gasteiger partial charge in [-0.1, -0.05) is 56.3 Å². The van der Waals surface area contributed by atoms with Crippen LogP contribution in [-0.2, 0) is 10.4 Å². The molecule has 1 fully saturated rings. The molecule has 1 saturated carbocycles. The highest BCUT2D eigenvalue weighted by Crippen LogP contribution is 2.47. The van der Waals surface area contributed by atoms with Crippen LogP contribution in [0.1, 0.15) is 49.8 Å². The van der Waals surface area contributed by atoms with E-state index in [2.05, 4.69) is 12.2 Å². The number of phenols is 1. The second-order valence-corrected chi connectivity index (χ2v) is 9.22. The minimum absolute atomic E-state index is 0.0746. The molecular formula is C25H29NO5. The Labute approximate surface area is 181 Å². The number of hydrogen-bond acceptors (Lipinski definition) is 5. The number of rotatable bonds is 3. The van der Waals surface area contributed by atoms with Crippen LogP contribution in [0.4, 0.5) is 5.69 Å². The number of carbonyl (C=O) groups is 1. The van der Waals surface area contributed by atoms with Crippen LogP contribution in [0, 0.1) is 11.3 Å². The first-order valence-electron chi connectivity index (χ1n) is 10.7. The fraction of sp³-hybridized carbons (Fsp3) is 0.400. The number of aliphatic hydroxyl groups is 3. The van der Waals surface area contributed by atoms with E-state index < -0.39 is 17.6 Å². The van der Waals surface area contributed by atoms with Gasteiger partial charge in [0, 0.05) is 5.56 Å². The average molecular weight is 424 g/mol. The van der Waals surface area contributed by atoms with Gasteiger partial charge in [0.15, 0.2) is 11.7 Å². The number of hydrogen-bond donors (Lipinski definition) is 5. The highest BCUT2D eigenvalue weighted by molar-refractivity contribution is 6.00. The van der Waals surface area contributed by atoms with Crippen molar-refractivity contribution in [3.05, 3.63) is 65.2 Å². The minimum atomic E-state index is -2.08. The number of anilines is 1. The van der Waals surface area contributed by atoms with Crippen LogP contribution in [0.2, 0.25) is 0 Å². The largest absolute Gasteiger partial charge is 0.507 e. The second-order valence-electron chi connectivity index (χ2n) is 9.22. The Bertz CT molecular complexity index is 1020. The van der Waals surface area contributed by atoms with E-state index in [0.717, 1.165) is 19.3 Å². The molecule has 164 valence electrons. The molecule has 4 rings (SSSR count). The van der Waals surface area contributed by atoms with E-state index >= 15 is 0 Å². The van der Waals surface area contributed by atoms with Gasteiger partial charge in [-0.2, -0.15) is 0 Å². The van der Waals surface area contributed by atoms with Crippen LogP contribution in [0.5, 0.6) is 5.75 Å². The topological polar surface area (TPSA) is 110 Å². The van der Waals surface area contributed by atoms with Gasteiger partial charge in [0.1, 0.15) is 5.75 Å². The number of aromatic hydroxyl groups is 1. The fourth-order valence-electron chi connectivity index (χ4n) is 4.93. The predicted molar refractivity (Wildman–Crippen MR) is 118 cm³/mol. The molecule has 0 radical (unpaired) electrons. The fourth-order valence-corrected chi connectivity index (χ4v) is 4.93. The Morgan fingerprint density at radius 3 is 2.52 bits per heavy atom. The number of aliphatic hydroxyl groups excluding tert-OH is 2. The summed E-state index contributed by atoms with van der Waals surface area (Å²) in [7, 11) is 0. The van der Waals surface area contributed by atoms with Crippen LogP contribution in [0.25, 0.3) is 6.08 Å². The molecule has 2 aromatic rings. The first-order valence-corrected chi connectivity index (χ1v) is 10.7. The van der Waals surface area contributed by atoms with Crippen molar-refractivity contribution in [1.29, 1.82) is 0 Å². The lowest BCUT2D eigenvalue weighted by atomic mass is 9.70. The van der Waals surface area contributed by atoms with Gasteiger partial charge < -0.3 is 25.7 Å². The summed E-state index contributed by atoms with van der Waals surface area (Å²) in [5, 5.41) is 45.9. The second kappa shape index (κ2) is 7.79. The maximum atomic E-state index is 12.3. The van der Waals surface area contributed by atoms with Crippen molar-refractivity contribution in [2.24, 2.45) is 11.3 Å². The summed E-state index contributed by atoms with van der Waals surface area (Å²) in [5.41, 5.74) is -1.07. The smallest absolute Gasteiger partial charge is 0.256 e. The standard InChI is InChI=1S/C25H29NO5/c1-15-14-24(2,13-11-19(15)27)12-10-16-8-9-18-20(21(16)28)25(31,22(29)23(30)26-18)17-6-4-3-5-7-17/h3-10,12,15,19,22,27-29,31H,11,13-14H2,1-2H3,(H,26,30)/b12-10+/t15-,19-,22+,24+,25-/m0/s1. The Morgan fingerprint density at radius 1 is 1.13 bits per heavy atom. The molecule has 6 nitrogen and oxygen atoms in total. The van der Waals surface area contributed by atoms with Crippen LogP contribution >= 0.6 is 0 Å². The van der Waals surface area contributed by atoms with Gasteiger partial charge in [-0.3, -0.25) is 4.79 Å². The first-order chi connectivity index (χ1) is 14.7. The normalized spacial score (nSPS) is 33.2. The molecule has 1 aliphatic carbocycles. The Balaban J connectivity index is 1.77. The first kappa shape index (κ1) is 21.6. The number of nitrogens with one attached hydrogen (secondary N) is 1. The molecule has 0 aromatic heterocycles. The molecule has 0 saturated heterocycles. The summed E-state index contributed by atoms with van der Waals surface area (Å²) in [6.07, 6.45) is 4.19. The maximum absolute atomic E-state index is 12.3. The number of phenolic OH excluding ortho intramolecular Hbond substituents is 1. The summed E-state index contributed by atoms with van der Waals surface area (Å²) in [6, 6.07) is 11.7. The molecule has 5 atom stereocenters. The summed E-state index contributed by atoms with van der Waals surface area (Å²) in [4.78, 5) is 12.3. The number of benzene rings is 2. The van der Waals surface area contributed by atoms with Gasteiger partial charge in [-0.25, -0.2) is 0 Å². The van der Waals surface area contributed by atoms with Crippen LogP contribution in [-0.4, -0.2) is 38.5 Å². The zero-order chi connectivity index (χ0) is 22.4. The molecule has 2 aliphatic rings. The summed E-state index contributed by atoms with van der Waals surface area (Å²) in [6.45, 7) is 4.17. The monoisotopic (exact) mass is 423 g/mol. The molecule has 0 unspecified atom stereocenters. The molecule has 2 aromatic carbocycles. The van der Waals surface area contributed by atoms with E-state index in [9.17, 15) is 25.2 Å². The van der Waals surface area contributed by atoms with E-state index in [4.69, 9.17) is 0 Å². The van der Waals surface area contributed by atoms with Gasteiger partial charge in [-0.15, -0.1) is 0 Å². The number of carbonyl (C=O) groups excluding carboxylic acids is 1. The quantitative estimate of drug-likeness (QED) is 0.521. The van der Waals surface area contributed by atoms with Gasteiger partial charge in [0.05, 0.1) is 17.4 Å². The molecule has 6 heteroatoms. The Kier molecular flexibility index (Phi) is 5.41. The summed E-state index contributed by atoms with van der Waals surface area (Å²) < 4.78 is 0. The number of allylic oxidation sites excluding steroid dienone is 1. The van der Waals surface area contributed by atoms with Crippen LogP contribution < -0.4 is 5.32 Å². The van der Waals surface area contributed by atoms with Crippen molar-refractivity contribution in [3.63, 3.8) is 0 Å². The predicted octanol–water partition coefficient (Wildman–Crippen LogP) is 3.14. The van der Waals surface area contributed by atoms with E-state index in [-0.39, 0.29) is 34.4 Å². The van der Waals surface area contributed by atoms with E-state index in [1.54, 1.807) is 42.5 Å². The molecule has 1 heterocycles. The molecule has 0 bridgehead atoms. The van der Waals surface area contributed by atoms with Gasteiger partial charge in [0.25, 0.3) is 5.91 Å². The third-order valence-electron chi connectivity index (χ3n) is 6.83. The zero-order valence-corrected chi connectivity index (χ0v) is 17.7. The number of amides is 1. The third kappa shape index (κ3) is 3.65. The zero-order valence-electron chi connectivity index (χ0n) is 17.7. The summed E-state index contributed by atoms with van der Waals surface area (Å²) in [5.74, 6) is -0.732. The van der Waals surface area contributed by atoms with Crippen molar-refractivity contribution in [2.75, 3.05) is 5.32 Å². The van der Waals surface area contributed by atoms with Crippen LogP contribution in [0.3, 0.4) is 0 Å². The van der Waals surface area contributed by atoms with Gasteiger partial charge in [-0.05, 0) is 48.3 Å². The molecular weight excluding hydrogens is 394 g/mol. The average Bonchev–Trinajstić information content (AvgIpc) is 2.75. The lowest BCUT2D eigenvalue weighted by Crippen LogP contribution is -2.51. The Hall–Kier alpha value is -2.67. The Morgan fingerprint density at radius 2 is 1.84 bits per heavy atom. The van der Waals surface area contributed by atoms with Crippen molar-refractivity contribution in [3.8, 4) is 5.75 Å². The molecule has 1 aliphatic heterocycles. The molecule has 5 N–H and O–H groups in total. The van der Waals surface area contributed by atoms with Crippen molar-refractivity contribution in [2.45, 2.75) is 50.9 Å². The SMILES string of the molecule is C[C@H]1C[C@](C)(/C=C/c2ccc3c(c2O)[C@@](O)(c2ccccc2)[C@H](O)C(=O)N3)CC[C@@H]1O. The minimum Gasteiger partial charge on any atom is -0.507 e. The third-order valence-corrected chi connectivity index (χ3v) is 6.83. The molecule has 1 amide bonds. The lowest BCUT2D eigenvalue weighted by molar-refractivity contribution is -0.138. The highest BCUT2D eigenvalue weighted by atomic mass is 16.4. The van der Waals surface area contributed by atoms with E-state index in [0.29, 0.717) is 11.1 Å². The van der Waals surface area contributed by atoms with E-state index in [1.807, 2.05) is 19.1 Å². The highest BCUT2D eigenvalue weighted by Gasteiger charge is 2.50. The van der Waals surface area contributed by atoms with Crippen molar-refractivity contribution < 1.29 is 25.2 Å². The summed E-state index contributed by atoms with van der Waals surface area (Å²) >= 11 is 0. The maximum Gasteiger partial charge on any atom is 0.256 e. The molecule has 0 spiro atoms. The van der Waals surface area contributed by atoms with E-state index in [1.165, 1.54) is 0 Å². The van der Waals surface area contributed by atoms with Crippen LogP contribution in [0.15, 0.2) is 48.5 Å². The van der Waals surface area contributed by atoms with Gasteiger partial charge in [0.2, 0.25) is 0 Å². The van der Waals surface area contributed by atoms with Crippen molar-refractivity contribution in [1.82, 2.24) is 0 Å². The van der Waals surface area contributed by atoms with Crippen molar-refractivity contribution >= 4 is 17.7 Å².